The monoisotopic (exact) mass is 466 g/mol. The van der Waals surface area contributed by atoms with E-state index in [1.807, 2.05) is 25.1 Å². The molecule has 1 saturated carbocycles. The molecule has 2 unspecified atom stereocenters. The molecule has 176 valence electrons. The van der Waals surface area contributed by atoms with E-state index in [2.05, 4.69) is 6.58 Å². The number of hydrogen-bond acceptors (Lipinski definition) is 3. The Hall–Kier alpha value is -1.37. The van der Waals surface area contributed by atoms with Gasteiger partial charge >= 0.3 is 6.11 Å². The fraction of sp³-hybridized carbons (Fsp3) is 0.615. The third kappa shape index (κ3) is 5.23. The molecule has 32 heavy (non-hydrogen) atoms. The summed E-state index contributed by atoms with van der Waals surface area (Å²) in [6.45, 7) is 5.68. The van der Waals surface area contributed by atoms with Crippen molar-refractivity contribution in [3.8, 4) is 0 Å². The van der Waals surface area contributed by atoms with Gasteiger partial charge in [0.15, 0.2) is 0 Å². The smallest absolute Gasteiger partial charge is 0.361 e. The summed E-state index contributed by atoms with van der Waals surface area (Å²) in [5.41, 5.74) is 0.475. The molecule has 0 N–H and O–H groups in total. The van der Waals surface area contributed by atoms with Gasteiger partial charge < -0.3 is 9.47 Å². The lowest BCUT2D eigenvalue weighted by molar-refractivity contribution is -0.311. The lowest BCUT2D eigenvalue weighted by Crippen LogP contribution is -2.41. The van der Waals surface area contributed by atoms with Gasteiger partial charge in [0.2, 0.25) is 0 Å². The molecule has 2 aliphatic rings. The first kappa shape index (κ1) is 23.8. The van der Waals surface area contributed by atoms with Gasteiger partial charge in [0, 0.05) is 10.4 Å². The maximum Gasteiger partial charge on any atom is 0.361 e. The van der Waals surface area contributed by atoms with Crippen LogP contribution in [0.4, 0.5) is 13.2 Å². The summed E-state index contributed by atoms with van der Waals surface area (Å²) < 4.78 is 56.5. The van der Waals surface area contributed by atoms with Crippen molar-refractivity contribution in [1.29, 1.82) is 0 Å². The van der Waals surface area contributed by atoms with Crippen LogP contribution in [0.15, 0.2) is 30.9 Å². The van der Waals surface area contributed by atoms with Crippen LogP contribution in [0.25, 0.3) is 10.1 Å². The highest BCUT2D eigenvalue weighted by atomic mass is 32.1. The van der Waals surface area contributed by atoms with E-state index in [-0.39, 0.29) is 18.8 Å². The highest BCUT2D eigenvalue weighted by Crippen LogP contribution is 2.43. The first-order valence-electron chi connectivity index (χ1n) is 11.9. The molecule has 2 heterocycles. The predicted molar refractivity (Wildman–Crippen MR) is 124 cm³/mol. The predicted octanol–water partition coefficient (Wildman–Crippen LogP) is 8.20. The minimum atomic E-state index is -3.21. The zero-order valence-corrected chi connectivity index (χ0v) is 19.6. The van der Waals surface area contributed by atoms with Gasteiger partial charge in [-0.05, 0) is 75.2 Å². The molecule has 2 atom stereocenters. The van der Waals surface area contributed by atoms with Crippen LogP contribution >= 0.6 is 11.3 Å². The highest BCUT2D eigenvalue weighted by Gasteiger charge is 2.46. The van der Waals surface area contributed by atoms with Gasteiger partial charge in [-0.1, -0.05) is 25.1 Å². The average molecular weight is 467 g/mol. The topological polar surface area (TPSA) is 18.5 Å². The highest BCUT2D eigenvalue weighted by molar-refractivity contribution is 7.19. The van der Waals surface area contributed by atoms with Crippen LogP contribution in [0, 0.1) is 17.7 Å². The van der Waals surface area contributed by atoms with Gasteiger partial charge in [0.25, 0.3) is 0 Å². The average Bonchev–Trinajstić information content (AvgIpc) is 3.23. The molecule has 0 bridgehead atoms. The van der Waals surface area contributed by atoms with E-state index >= 15 is 4.39 Å². The summed E-state index contributed by atoms with van der Waals surface area (Å²) in [4.78, 5) is 1.13. The van der Waals surface area contributed by atoms with Gasteiger partial charge in [-0.15, -0.1) is 17.9 Å². The van der Waals surface area contributed by atoms with Crippen molar-refractivity contribution < 1.29 is 22.6 Å². The second kappa shape index (κ2) is 10.3. The van der Waals surface area contributed by atoms with E-state index in [0.717, 1.165) is 42.4 Å². The van der Waals surface area contributed by atoms with Crippen molar-refractivity contribution in [3.05, 3.63) is 47.1 Å². The Bertz CT molecular complexity index is 909. The Morgan fingerprint density at radius 1 is 1.19 bits per heavy atom. The molecule has 0 spiro atoms. The first-order valence-corrected chi connectivity index (χ1v) is 12.7. The van der Waals surface area contributed by atoms with Crippen molar-refractivity contribution in [3.63, 3.8) is 0 Å². The summed E-state index contributed by atoms with van der Waals surface area (Å²) in [5, 5.41) is 0.890. The molecule has 4 rings (SSSR count). The first-order chi connectivity index (χ1) is 15.4. The summed E-state index contributed by atoms with van der Waals surface area (Å²) in [6, 6.07) is 5.66. The number of benzene rings is 1. The van der Waals surface area contributed by atoms with Gasteiger partial charge in [-0.2, -0.15) is 8.78 Å². The van der Waals surface area contributed by atoms with E-state index < -0.39 is 24.2 Å². The summed E-state index contributed by atoms with van der Waals surface area (Å²) >= 11 is 1.46. The normalized spacial score (nSPS) is 27.0. The molecular weight excluding hydrogens is 433 g/mol. The van der Waals surface area contributed by atoms with Crippen molar-refractivity contribution in [1.82, 2.24) is 0 Å². The number of rotatable bonds is 8. The molecule has 2 nitrogen and oxygen atoms in total. The Morgan fingerprint density at radius 3 is 2.62 bits per heavy atom. The number of halogens is 3. The third-order valence-electron chi connectivity index (χ3n) is 7.05. The number of thiophene rings is 1. The molecule has 1 aromatic heterocycles. The molecular formula is C26H33F3O2S. The zero-order valence-electron chi connectivity index (χ0n) is 18.8. The number of allylic oxidation sites excluding steroid dienone is 1. The fourth-order valence-electron chi connectivity index (χ4n) is 5.03. The van der Waals surface area contributed by atoms with Gasteiger partial charge in [-0.3, -0.25) is 0 Å². The summed E-state index contributed by atoms with van der Waals surface area (Å²) in [7, 11) is 0. The van der Waals surface area contributed by atoms with Crippen LogP contribution in [0.5, 0.6) is 0 Å². The molecule has 6 heteroatoms. The SMILES string of the molecule is C=CCCC1CCC(OC(F)(F)C2CCC(c3ccc4cc(CC)sc4c3F)OC2)CC1. The molecule has 0 amide bonds. The van der Waals surface area contributed by atoms with Crippen LogP contribution in [-0.2, 0) is 15.9 Å². The zero-order chi connectivity index (χ0) is 22.7. The summed E-state index contributed by atoms with van der Waals surface area (Å²) in [5.74, 6) is -0.673. The maximum atomic E-state index is 15.1. The minimum Gasteiger partial charge on any atom is -0.373 e. The van der Waals surface area contributed by atoms with E-state index in [1.165, 1.54) is 11.3 Å². The maximum absolute atomic E-state index is 15.1. The Kier molecular flexibility index (Phi) is 7.63. The van der Waals surface area contributed by atoms with E-state index in [4.69, 9.17) is 9.47 Å². The number of fused-ring (bicyclic) bond motifs is 1. The van der Waals surface area contributed by atoms with Gasteiger partial charge in [0.05, 0.1) is 29.4 Å². The van der Waals surface area contributed by atoms with Crippen molar-refractivity contribution in [2.45, 2.75) is 83.0 Å². The van der Waals surface area contributed by atoms with Crippen LogP contribution in [0.2, 0.25) is 0 Å². The minimum absolute atomic E-state index is 0.117. The van der Waals surface area contributed by atoms with E-state index in [1.54, 1.807) is 6.07 Å². The number of aryl methyl sites for hydroxylation is 1. The Labute approximate surface area is 192 Å². The molecule has 0 radical (unpaired) electrons. The van der Waals surface area contributed by atoms with Crippen LogP contribution in [-0.4, -0.2) is 18.8 Å². The molecule has 2 aromatic rings. The van der Waals surface area contributed by atoms with Crippen LogP contribution < -0.4 is 0 Å². The molecule has 1 aromatic carbocycles. The van der Waals surface area contributed by atoms with Crippen LogP contribution in [0.1, 0.15) is 74.8 Å². The van der Waals surface area contributed by atoms with Crippen molar-refractivity contribution >= 4 is 21.4 Å². The standard InChI is InChI=1S/C26H33F3O2S/c1-3-5-6-17-7-11-20(12-8-17)31-26(28,29)19-10-14-23(30-16-19)22-13-9-18-15-21(4-2)32-25(18)24(22)27/h3,9,13,15,17,19-20,23H,1,4-8,10-12,14,16H2,2H3. The second-order valence-electron chi connectivity index (χ2n) is 9.24. The van der Waals surface area contributed by atoms with Gasteiger partial charge in [-0.25, -0.2) is 4.39 Å². The van der Waals surface area contributed by atoms with Gasteiger partial charge in [0.1, 0.15) is 5.82 Å². The third-order valence-corrected chi connectivity index (χ3v) is 8.34. The van der Waals surface area contributed by atoms with Crippen molar-refractivity contribution in [2.75, 3.05) is 6.61 Å². The molecule has 1 saturated heterocycles. The Balaban J connectivity index is 1.32. The Morgan fingerprint density at radius 2 is 1.97 bits per heavy atom. The quantitative estimate of drug-likeness (QED) is 0.365. The second-order valence-corrected chi connectivity index (χ2v) is 10.4. The van der Waals surface area contributed by atoms with E-state index in [9.17, 15) is 8.78 Å². The molecule has 2 fully saturated rings. The van der Waals surface area contributed by atoms with Crippen LogP contribution in [0.3, 0.4) is 0 Å². The summed E-state index contributed by atoms with van der Waals surface area (Å²) in [6.07, 6.45) is 4.60. The largest absolute Gasteiger partial charge is 0.373 e. The lowest BCUT2D eigenvalue weighted by Gasteiger charge is -2.37. The van der Waals surface area contributed by atoms with E-state index in [0.29, 0.717) is 35.4 Å². The lowest BCUT2D eigenvalue weighted by atomic mass is 9.84. The van der Waals surface area contributed by atoms with Crippen molar-refractivity contribution in [2.24, 2.45) is 11.8 Å². The number of alkyl halides is 2. The number of ether oxygens (including phenoxy) is 2. The fourth-order valence-corrected chi connectivity index (χ4v) is 6.08. The number of hydrogen-bond donors (Lipinski definition) is 0. The molecule has 1 aliphatic carbocycles. The molecule has 1 aliphatic heterocycles.